The highest BCUT2D eigenvalue weighted by atomic mass is 19.1. The van der Waals surface area contributed by atoms with Gasteiger partial charge in [-0.3, -0.25) is 4.98 Å². The zero-order valence-corrected chi connectivity index (χ0v) is 11.3. The van der Waals surface area contributed by atoms with Crippen molar-refractivity contribution in [3.05, 3.63) is 59.4 Å². The first-order chi connectivity index (χ1) is 9.65. The van der Waals surface area contributed by atoms with Gasteiger partial charge in [-0.1, -0.05) is 0 Å². The third-order valence-corrected chi connectivity index (χ3v) is 3.13. The van der Waals surface area contributed by atoms with Crippen LogP contribution in [0.5, 0.6) is 0 Å². The minimum atomic E-state index is -0.582. The number of halogens is 2. The summed E-state index contributed by atoms with van der Waals surface area (Å²) in [6, 6.07) is 6.22. The predicted octanol–water partition coefficient (Wildman–Crippen LogP) is 2.85. The molecule has 0 fully saturated rings. The predicted molar refractivity (Wildman–Crippen MR) is 75.2 cm³/mol. The van der Waals surface area contributed by atoms with Crippen LogP contribution in [-0.4, -0.2) is 11.5 Å². The van der Waals surface area contributed by atoms with E-state index in [1.165, 1.54) is 12.1 Å². The highest BCUT2D eigenvalue weighted by Gasteiger charge is 2.17. The fourth-order valence-electron chi connectivity index (χ4n) is 2.10. The Bertz CT molecular complexity index is 550. The van der Waals surface area contributed by atoms with Crippen molar-refractivity contribution in [3.63, 3.8) is 0 Å². The summed E-state index contributed by atoms with van der Waals surface area (Å²) in [5.74, 6) is -1.16. The second-order valence-corrected chi connectivity index (χ2v) is 4.48. The Hall–Kier alpha value is -2.01. The fraction of sp³-hybridized carbons (Fsp3) is 0.267. The van der Waals surface area contributed by atoms with E-state index in [0.29, 0.717) is 18.7 Å². The molecule has 0 aliphatic heterocycles. The van der Waals surface area contributed by atoms with E-state index in [1.54, 1.807) is 17.3 Å². The topological polar surface area (TPSA) is 42.2 Å². The second-order valence-electron chi connectivity index (χ2n) is 4.48. The molecule has 0 amide bonds. The zero-order chi connectivity index (χ0) is 14.5. The van der Waals surface area contributed by atoms with E-state index < -0.39 is 11.6 Å². The van der Waals surface area contributed by atoms with Gasteiger partial charge < -0.3 is 10.6 Å². The van der Waals surface area contributed by atoms with Crippen molar-refractivity contribution < 1.29 is 8.78 Å². The highest BCUT2D eigenvalue weighted by Crippen LogP contribution is 2.26. The van der Waals surface area contributed by atoms with E-state index in [9.17, 15) is 8.78 Å². The van der Waals surface area contributed by atoms with Gasteiger partial charge in [-0.2, -0.15) is 0 Å². The number of pyridine rings is 1. The molecule has 2 aromatic rings. The van der Waals surface area contributed by atoms with Gasteiger partial charge in [0.2, 0.25) is 0 Å². The molecule has 0 aliphatic rings. The number of hydrogen-bond acceptors (Lipinski definition) is 3. The number of hydrogen-bond donors (Lipinski definition) is 1. The molecule has 0 saturated carbocycles. The maximum atomic E-state index is 14.1. The third-order valence-electron chi connectivity index (χ3n) is 3.13. The van der Waals surface area contributed by atoms with E-state index in [2.05, 4.69) is 4.98 Å². The molecule has 1 aromatic heterocycles. The molecule has 20 heavy (non-hydrogen) atoms. The van der Waals surface area contributed by atoms with Crippen molar-refractivity contribution in [1.29, 1.82) is 0 Å². The lowest BCUT2D eigenvalue weighted by molar-refractivity contribution is 0.568. The van der Waals surface area contributed by atoms with Crippen molar-refractivity contribution in [2.24, 2.45) is 5.73 Å². The molecule has 0 bridgehead atoms. The molecule has 0 unspecified atom stereocenters. The lowest BCUT2D eigenvalue weighted by atomic mass is 10.1. The Morgan fingerprint density at radius 2 is 1.70 bits per heavy atom. The largest absolute Gasteiger partial charge is 0.363 e. The standard InChI is InChI=1S/C15H17F2N3/c1-2-20(10-11-3-5-19-6-4-11)15-13(16)7-12(9-18)8-14(15)17/h3-8H,2,9-10,18H2,1H3. The smallest absolute Gasteiger partial charge is 0.149 e. The average molecular weight is 277 g/mol. The first kappa shape index (κ1) is 14.4. The Labute approximate surface area is 117 Å². The molecule has 5 heteroatoms. The summed E-state index contributed by atoms with van der Waals surface area (Å²) in [5.41, 5.74) is 6.80. The van der Waals surface area contributed by atoms with Crippen LogP contribution >= 0.6 is 0 Å². The minimum Gasteiger partial charge on any atom is -0.363 e. The molecule has 0 spiro atoms. The van der Waals surface area contributed by atoms with Gasteiger partial charge in [-0.05, 0) is 42.3 Å². The number of nitrogens with two attached hydrogens (primary N) is 1. The number of aromatic nitrogens is 1. The van der Waals surface area contributed by atoms with Gasteiger partial charge in [0.25, 0.3) is 0 Å². The molecule has 0 atom stereocenters. The van der Waals surface area contributed by atoms with E-state index in [0.717, 1.165) is 5.56 Å². The van der Waals surface area contributed by atoms with Gasteiger partial charge in [-0.25, -0.2) is 8.78 Å². The van der Waals surface area contributed by atoms with Crippen LogP contribution in [0.4, 0.5) is 14.5 Å². The Morgan fingerprint density at radius 1 is 1.10 bits per heavy atom. The van der Waals surface area contributed by atoms with Crippen molar-refractivity contribution in [1.82, 2.24) is 4.98 Å². The molecule has 1 aromatic carbocycles. The summed E-state index contributed by atoms with van der Waals surface area (Å²) >= 11 is 0. The maximum Gasteiger partial charge on any atom is 0.149 e. The normalized spacial score (nSPS) is 10.6. The first-order valence-electron chi connectivity index (χ1n) is 6.47. The van der Waals surface area contributed by atoms with Crippen LogP contribution < -0.4 is 10.6 Å². The summed E-state index contributed by atoms with van der Waals surface area (Å²) in [6.07, 6.45) is 3.32. The zero-order valence-electron chi connectivity index (χ0n) is 11.3. The summed E-state index contributed by atoms with van der Waals surface area (Å²) in [7, 11) is 0. The number of benzene rings is 1. The van der Waals surface area contributed by atoms with E-state index in [1.807, 2.05) is 19.1 Å². The van der Waals surface area contributed by atoms with Gasteiger partial charge in [0.15, 0.2) is 0 Å². The van der Waals surface area contributed by atoms with Gasteiger partial charge in [0.1, 0.15) is 17.3 Å². The van der Waals surface area contributed by atoms with Crippen LogP contribution in [0.2, 0.25) is 0 Å². The van der Waals surface area contributed by atoms with E-state index >= 15 is 0 Å². The number of anilines is 1. The van der Waals surface area contributed by atoms with E-state index in [4.69, 9.17) is 5.73 Å². The average Bonchev–Trinajstić information content (AvgIpc) is 2.46. The van der Waals surface area contributed by atoms with Crippen molar-refractivity contribution in [2.75, 3.05) is 11.4 Å². The van der Waals surface area contributed by atoms with Crippen molar-refractivity contribution in [3.8, 4) is 0 Å². The SMILES string of the molecule is CCN(Cc1ccncc1)c1c(F)cc(CN)cc1F. The quantitative estimate of drug-likeness (QED) is 0.913. The van der Waals surface area contributed by atoms with Gasteiger partial charge >= 0.3 is 0 Å². The molecule has 106 valence electrons. The monoisotopic (exact) mass is 277 g/mol. The third kappa shape index (κ3) is 3.11. The van der Waals surface area contributed by atoms with Crippen LogP contribution in [0, 0.1) is 11.6 Å². The molecular weight excluding hydrogens is 260 g/mol. The summed E-state index contributed by atoms with van der Waals surface area (Å²) in [6.45, 7) is 2.90. The lowest BCUT2D eigenvalue weighted by Gasteiger charge is -2.24. The first-order valence-corrected chi connectivity index (χ1v) is 6.47. The van der Waals surface area contributed by atoms with Gasteiger partial charge in [0, 0.05) is 32.0 Å². The summed E-state index contributed by atoms with van der Waals surface area (Å²) < 4.78 is 28.2. The number of rotatable bonds is 5. The molecule has 0 saturated heterocycles. The highest BCUT2D eigenvalue weighted by molar-refractivity contribution is 5.51. The Kier molecular flexibility index (Phi) is 4.63. The van der Waals surface area contributed by atoms with Gasteiger partial charge in [-0.15, -0.1) is 0 Å². The van der Waals surface area contributed by atoms with Gasteiger partial charge in [0.05, 0.1) is 0 Å². The molecule has 2 N–H and O–H groups in total. The minimum absolute atomic E-state index is 0.0125. The Morgan fingerprint density at radius 3 is 2.20 bits per heavy atom. The van der Waals surface area contributed by atoms with Crippen LogP contribution in [-0.2, 0) is 13.1 Å². The summed E-state index contributed by atoms with van der Waals surface area (Å²) in [5, 5.41) is 0. The molecular formula is C15H17F2N3. The lowest BCUT2D eigenvalue weighted by Crippen LogP contribution is -2.24. The molecule has 3 nitrogen and oxygen atoms in total. The van der Waals surface area contributed by atoms with Crippen LogP contribution in [0.3, 0.4) is 0 Å². The molecule has 2 rings (SSSR count). The maximum absolute atomic E-state index is 14.1. The van der Waals surface area contributed by atoms with Crippen LogP contribution in [0.15, 0.2) is 36.7 Å². The Balaban J connectivity index is 2.32. The fourth-order valence-corrected chi connectivity index (χ4v) is 2.10. The van der Waals surface area contributed by atoms with Crippen molar-refractivity contribution >= 4 is 5.69 Å². The summed E-state index contributed by atoms with van der Waals surface area (Å²) in [4.78, 5) is 5.58. The van der Waals surface area contributed by atoms with E-state index in [-0.39, 0.29) is 12.2 Å². The number of nitrogens with zero attached hydrogens (tertiary/aromatic N) is 2. The molecule has 1 heterocycles. The van der Waals surface area contributed by atoms with Crippen LogP contribution in [0.25, 0.3) is 0 Å². The molecule has 0 aliphatic carbocycles. The molecule has 0 radical (unpaired) electrons. The van der Waals surface area contributed by atoms with Crippen molar-refractivity contribution in [2.45, 2.75) is 20.0 Å². The van der Waals surface area contributed by atoms with Crippen LogP contribution in [0.1, 0.15) is 18.1 Å². The second kappa shape index (κ2) is 6.43.